The molecule has 1 saturated carbocycles. The number of carbonyl (C=O) groups is 2. The first-order valence-electron chi connectivity index (χ1n) is 14.6. The summed E-state index contributed by atoms with van der Waals surface area (Å²) in [4.78, 5) is 29.5. The topological polar surface area (TPSA) is 86.8 Å². The van der Waals surface area contributed by atoms with E-state index < -0.39 is 16.1 Å². The maximum atomic E-state index is 14.0. The molecule has 224 valence electrons. The van der Waals surface area contributed by atoms with Crippen LogP contribution in [0.2, 0.25) is 5.02 Å². The molecule has 1 atom stereocenters. The van der Waals surface area contributed by atoms with E-state index in [1.165, 1.54) is 10.7 Å². The van der Waals surface area contributed by atoms with E-state index in [2.05, 4.69) is 5.32 Å². The van der Waals surface area contributed by atoms with Gasteiger partial charge in [-0.1, -0.05) is 97.6 Å². The van der Waals surface area contributed by atoms with Crippen LogP contribution in [0.3, 0.4) is 0 Å². The number of hydrogen-bond acceptors (Lipinski definition) is 4. The summed E-state index contributed by atoms with van der Waals surface area (Å²) in [6.45, 7) is 0.390. The summed E-state index contributed by atoms with van der Waals surface area (Å²) in [6, 6.07) is 25.5. The van der Waals surface area contributed by atoms with E-state index in [1.54, 1.807) is 29.2 Å². The van der Waals surface area contributed by atoms with Crippen LogP contribution in [-0.4, -0.2) is 50.0 Å². The van der Waals surface area contributed by atoms with Crippen LogP contribution >= 0.6 is 11.6 Å². The summed E-state index contributed by atoms with van der Waals surface area (Å²) in [6.07, 6.45) is 7.14. The molecule has 1 fully saturated rings. The predicted octanol–water partition coefficient (Wildman–Crippen LogP) is 5.98. The van der Waals surface area contributed by atoms with E-state index in [0.29, 0.717) is 17.1 Å². The average molecular weight is 610 g/mol. The van der Waals surface area contributed by atoms with Gasteiger partial charge in [0, 0.05) is 37.0 Å². The van der Waals surface area contributed by atoms with E-state index in [4.69, 9.17) is 11.6 Å². The van der Waals surface area contributed by atoms with Crippen molar-refractivity contribution in [3.8, 4) is 0 Å². The molecule has 0 heterocycles. The maximum absolute atomic E-state index is 14.0. The van der Waals surface area contributed by atoms with Crippen molar-refractivity contribution in [1.82, 2.24) is 10.2 Å². The van der Waals surface area contributed by atoms with Crippen molar-refractivity contribution in [2.75, 3.05) is 17.1 Å². The van der Waals surface area contributed by atoms with Crippen LogP contribution in [-0.2, 0) is 32.6 Å². The highest BCUT2D eigenvalue weighted by Crippen LogP contribution is 2.24. The molecule has 0 saturated heterocycles. The molecule has 1 aliphatic rings. The molecule has 3 aromatic rings. The number of benzene rings is 3. The molecule has 4 rings (SSSR count). The van der Waals surface area contributed by atoms with Crippen molar-refractivity contribution in [3.63, 3.8) is 0 Å². The Morgan fingerprint density at radius 1 is 0.905 bits per heavy atom. The van der Waals surface area contributed by atoms with Crippen LogP contribution < -0.4 is 9.62 Å². The van der Waals surface area contributed by atoms with Crippen LogP contribution in [0.4, 0.5) is 5.69 Å². The maximum Gasteiger partial charge on any atom is 0.243 e. The monoisotopic (exact) mass is 609 g/mol. The van der Waals surface area contributed by atoms with Crippen LogP contribution in [0.5, 0.6) is 0 Å². The zero-order valence-corrected chi connectivity index (χ0v) is 25.7. The molecule has 0 unspecified atom stereocenters. The lowest BCUT2D eigenvalue weighted by molar-refractivity contribution is -0.141. The van der Waals surface area contributed by atoms with Gasteiger partial charge in [0.25, 0.3) is 0 Å². The summed E-state index contributed by atoms with van der Waals surface area (Å²) in [5.41, 5.74) is 2.34. The third-order valence-corrected chi connectivity index (χ3v) is 9.10. The number of rotatable bonds is 13. The molecule has 0 spiro atoms. The van der Waals surface area contributed by atoms with E-state index >= 15 is 0 Å². The Morgan fingerprint density at radius 3 is 2.17 bits per heavy atom. The van der Waals surface area contributed by atoms with E-state index in [9.17, 15) is 18.0 Å². The lowest BCUT2D eigenvalue weighted by atomic mass is 9.94. The van der Waals surface area contributed by atoms with Crippen LogP contribution in [0.15, 0.2) is 84.9 Å². The summed E-state index contributed by atoms with van der Waals surface area (Å²) < 4.78 is 26.5. The Morgan fingerprint density at radius 2 is 1.55 bits per heavy atom. The fraction of sp³-hybridized carbons (Fsp3) is 0.394. The van der Waals surface area contributed by atoms with Gasteiger partial charge in [0.1, 0.15) is 6.04 Å². The van der Waals surface area contributed by atoms with Gasteiger partial charge in [0.2, 0.25) is 21.8 Å². The second-order valence-electron chi connectivity index (χ2n) is 11.0. The summed E-state index contributed by atoms with van der Waals surface area (Å²) in [7, 11) is -3.60. The Hall–Kier alpha value is -3.36. The van der Waals surface area contributed by atoms with Gasteiger partial charge in [-0.3, -0.25) is 13.9 Å². The van der Waals surface area contributed by atoms with Crippen LogP contribution in [0.25, 0.3) is 0 Å². The van der Waals surface area contributed by atoms with Crippen molar-refractivity contribution >= 4 is 39.1 Å². The number of nitrogens with zero attached hydrogens (tertiary/aromatic N) is 2. The number of carbonyl (C=O) groups excluding carboxylic acids is 2. The highest BCUT2D eigenvalue weighted by atomic mass is 35.5. The molecular formula is C33H40ClN3O4S. The Bertz CT molecular complexity index is 1410. The van der Waals surface area contributed by atoms with Crippen molar-refractivity contribution in [1.29, 1.82) is 0 Å². The number of amides is 2. The Labute approximate surface area is 254 Å². The molecule has 7 nitrogen and oxygen atoms in total. The number of nitrogens with one attached hydrogen (secondary N) is 1. The third-order valence-electron chi connectivity index (χ3n) is 7.67. The van der Waals surface area contributed by atoms with Crippen molar-refractivity contribution in [2.24, 2.45) is 0 Å². The molecule has 1 N–H and O–H groups in total. The standard InChI is InChI=1S/C33H40ClN3O4S/c1-42(40,41)37(30-20-11-17-28(34)24-30)22-12-21-32(38)36(25-27-15-7-3-8-16-27)31(23-26-13-5-2-6-14-26)33(39)35-29-18-9-4-10-19-29/h2-3,5-8,11,13-17,20,24,29,31H,4,9-10,12,18-19,21-23,25H2,1H3,(H,35,39)/t31-/m0/s1. The molecule has 0 aliphatic heterocycles. The fourth-order valence-corrected chi connectivity index (χ4v) is 6.66. The second-order valence-corrected chi connectivity index (χ2v) is 13.3. The second kappa shape index (κ2) is 15.2. The molecule has 2 amide bonds. The normalized spacial score (nSPS) is 14.6. The first-order valence-corrected chi connectivity index (χ1v) is 16.8. The fourth-order valence-electron chi connectivity index (χ4n) is 5.51. The van der Waals surface area contributed by atoms with Crippen molar-refractivity contribution in [3.05, 3.63) is 101 Å². The van der Waals surface area contributed by atoms with E-state index in [-0.39, 0.29) is 43.8 Å². The first kappa shape index (κ1) is 31.6. The summed E-state index contributed by atoms with van der Waals surface area (Å²) in [5, 5.41) is 3.68. The molecule has 0 bridgehead atoms. The summed E-state index contributed by atoms with van der Waals surface area (Å²) in [5.74, 6) is -0.343. The Balaban J connectivity index is 1.57. The van der Waals surface area contributed by atoms with Gasteiger partial charge in [-0.15, -0.1) is 0 Å². The molecule has 1 aliphatic carbocycles. The van der Waals surface area contributed by atoms with Crippen LogP contribution in [0.1, 0.15) is 56.1 Å². The minimum absolute atomic E-state index is 0.0847. The van der Waals surface area contributed by atoms with Gasteiger partial charge in [0.05, 0.1) is 11.9 Å². The zero-order valence-electron chi connectivity index (χ0n) is 24.1. The largest absolute Gasteiger partial charge is 0.352 e. The first-order chi connectivity index (χ1) is 20.2. The lowest BCUT2D eigenvalue weighted by Crippen LogP contribution is -2.52. The molecular weight excluding hydrogens is 570 g/mol. The highest BCUT2D eigenvalue weighted by molar-refractivity contribution is 7.92. The third kappa shape index (κ3) is 9.33. The van der Waals surface area contributed by atoms with Gasteiger partial charge >= 0.3 is 0 Å². The lowest BCUT2D eigenvalue weighted by Gasteiger charge is -2.34. The minimum atomic E-state index is -3.60. The molecule has 3 aromatic carbocycles. The van der Waals surface area contributed by atoms with Gasteiger partial charge < -0.3 is 10.2 Å². The number of anilines is 1. The van der Waals surface area contributed by atoms with E-state index in [1.807, 2.05) is 60.7 Å². The number of halogens is 1. The molecule has 0 radical (unpaired) electrons. The summed E-state index contributed by atoms with van der Waals surface area (Å²) >= 11 is 6.12. The van der Waals surface area contributed by atoms with Crippen LogP contribution in [0, 0.1) is 0 Å². The number of hydrogen-bond donors (Lipinski definition) is 1. The van der Waals surface area contributed by atoms with E-state index in [0.717, 1.165) is 43.1 Å². The highest BCUT2D eigenvalue weighted by Gasteiger charge is 2.32. The molecule has 9 heteroatoms. The Kier molecular flexibility index (Phi) is 11.4. The average Bonchev–Trinajstić information content (AvgIpc) is 2.98. The smallest absolute Gasteiger partial charge is 0.243 e. The quantitative estimate of drug-likeness (QED) is 0.258. The number of sulfonamides is 1. The van der Waals surface area contributed by atoms with Gasteiger partial charge in [-0.25, -0.2) is 8.42 Å². The van der Waals surface area contributed by atoms with Gasteiger partial charge in [-0.05, 0) is 48.6 Å². The predicted molar refractivity (Wildman–Crippen MR) is 169 cm³/mol. The SMILES string of the molecule is CS(=O)(=O)N(CCCC(=O)N(Cc1ccccc1)[C@@H](Cc1ccccc1)C(=O)NC1CCCCC1)c1cccc(Cl)c1. The molecule has 0 aromatic heterocycles. The zero-order chi connectivity index (χ0) is 30.0. The van der Waals surface area contributed by atoms with Gasteiger partial charge in [-0.2, -0.15) is 0 Å². The minimum Gasteiger partial charge on any atom is -0.352 e. The van der Waals surface area contributed by atoms with Crippen molar-refractivity contribution in [2.45, 2.75) is 70.0 Å². The molecule has 42 heavy (non-hydrogen) atoms. The van der Waals surface area contributed by atoms with Gasteiger partial charge in [0.15, 0.2) is 0 Å². The van der Waals surface area contributed by atoms with Crippen molar-refractivity contribution < 1.29 is 18.0 Å².